The SMILES string of the molecule is [c]1ccc(-n2ncc3[nH]cnc32)cc1. The zero-order chi connectivity index (χ0) is 9.38. The second kappa shape index (κ2) is 2.70. The summed E-state index contributed by atoms with van der Waals surface area (Å²) in [7, 11) is 0. The molecule has 2 aromatic heterocycles. The summed E-state index contributed by atoms with van der Waals surface area (Å²) in [6.45, 7) is 0. The van der Waals surface area contributed by atoms with Gasteiger partial charge in [0.2, 0.25) is 0 Å². The van der Waals surface area contributed by atoms with Gasteiger partial charge in [0.1, 0.15) is 5.52 Å². The second-order valence-corrected chi connectivity index (χ2v) is 2.95. The predicted molar refractivity (Wildman–Crippen MR) is 52.1 cm³/mol. The largest absolute Gasteiger partial charge is 0.342 e. The van der Waals surface area contributed by atoms with Crippen LogP contribution in [0.2, 0.25) is 0 Å². The lowest BCUT2D eigenvalue weighted by Crippen LogP contribution is -1.95. The van der Waals surface area contributed by atoms with E-state index in [1.807, 2.05) is 24.3 Å². The molecule has 1 radical (unpaired) electrons. The van der Waals surface area contributed by atoms with Crippen molar-refractivity contribution >= 4 is 11.2 Å². The van der Waals surface area contributed by atoms with Gasteiger partial charge in [0.25, 0.3) is 0 Å². The van der Waals surface area contributed by atoms with Gasteiger partial charge in [0.05, 0.1) is 18.2 Å². The van der Waals surface area contributed by atoms with Crippen molar-refractivity contribution in [3.63, 3.8) is 0 Å². The summed E-state index contributed by atoms with van der Waals surface area (Å²) in [6.07, 6.45) is 3.43. The Morgan fingerprint density at radius 2 is 2.14 bits per heavy atom. The number of nitrogens with one attached hydrogen (secondary N) is 1. The maximum Gasteiger partial charge on any atom is 0.180 e. The molecular weight excluding hydrogens is 176 g/mol. The van der Waals surface area contributed by atoms with Gasteiger partial charge in [-0.3, -0.25) is 0 Å². The van der Waals surface area contributed by atoms with E-state index in [0.717, 1.165) is 16.9 Å². The van der Waals surface area contributed by atoms with E-state index in [-0.39, 0.29) is 0 Å². The first-order valence-electron chi connectivity index (χ1n) is 4.29. The van der Waals surface area contributed by atoms with Gasteiger partial charge in [-0.15, -0.1) is 0 Å². The van der Waals surface area contributed by atoms with E-state index < -0.39 is 0 Å². The van der Waals surface area contributed by atoms with Crippen molar-refractivity contribution in [2.24, 2.45) is 0 Å². The van der Waals surface area contributed by atoms with Crippen molar-refractivity contribution < 1.29 is 0 Å². The second-order valence-electron chi connectivity index (χ2n) is 2.95. The topological polar surface area (TPSA) is 46.5 Å². The van der Waals surface area contributed by atoms with Crippen LogP contribution in [0.4, 0.5) is 0 Å². The molecule has 0 amide bonds. The number of imidazole rings is 1. The van der Waals surface area contributed by atoms with E-state index in [0.29, 0.717) is 0 Å². The van der Waals surface area contributed by atoms with E-state index in [1.54, 1.807) is 17.2 Å². The van der Waals surface area contributed by atoms with Gasteiger partial charge >= 0.3 is 0 Å². The molecule has 67 valence electrons. The quantitative estimate of drug-likeness (QED) is 0.622. The van der Waals surface area contributed by atoms with Crippen molar-refractivity contribution in [1.82, 2.24) is 19.7 Å². The molecule has 1 N–H and O–H groups in total. The standard InChI is InChI=1S/C10H7N4/c1-2-4-8(5-3-1)14-10-9(6-13-14)11-7-12-10/h2-7H,(H,11,12). The molecule has 4 heteroatoms. The first kappa shape index (κ1) is 7.32. The maximum atomic E-state index is 4.23. The van der Waals surface area contributed by atoms with E-state index in [2.05, 4.69) is 21.1 Å². The zero-order valence-corrected chi connectivity index (χ0v) is 7.31. The van der Waals surface area contributed by atoms with Gasteiger partial charge in [0, 0.05) is 0 Å². The Bertz CT molecular complexity index is 550. The van der Waals surface area contributed by atoms with E-state index >= 15 is 0 Å². The number of hydrogen-bond acceptors (Lipinski definition) is 2. The average molecular weight is 183 g/mol. The molecule has 0 saturated heterocycles. The lowest BCUT2D eigenvalue weighted by molar-refractivity contribution is 0.896. The Balaban J connectivity index is 2.28. The Morgan fingerprint density at radius 1 is 1.29 bits per heavy atom. The summed E-state index contributed by atoms with van der Waals surface area (Å²) in [5.41, 5.74) is 2.78. The highest BCUT2D eigenvalue weighted by atomic mass is 15.3. The molecule has 4 nitrogen and oxygen atoms in total. The third kappa shape index (κ3) is 0.939. The third-order valence-corrected chi connectivity index (χ3v) is 2.10. The number of aromatic amines is 1. The number of nitrogens with zero attached hydrogens (tertiary/aromatic N) is 3. The molecule has 0 bridgehead atoms. The Morgan fingerprint density at radius 3 is 3.00 bits per heavy atom. The van der Waals surface area contributed by atoms with Crippen LogP contribution in [-0.4, -0.2) is 19.7 Å². The van der Waals surface area contributed by atoms with Crippen LogP contribution in [0.25, 0.3) is 16.9 Å². The average Bonchev–Trinajstić information content (AvgIpc) is 2.79. The van der Waals surface area contributed by atoms with Crippen LogP contribution in [0.15, 0.2) is 36.8 Å². The molecule has 0 saturated carbocycles. The Hall–Kier alpha value is -2.10. The number of benzene rings is 1. The molecule has 0 unspecified atom stereocenters. The molecule has 0 fully saturated rings. The van der Waals surface area contributed by atoms with Gasteiger partial charge in [-0.2, -0.15) is 5.10 Å². The molecule has 0 spiro atoms. The Kier molecular flexibility index (Phi) is 1.41. The van der Waals surface area contributed by atoms with Crippen LogP contribution in [0.1, 0.15) is 0 Å². The van der Waals surface area contributed by atoms with Crippen LogP contribution in [-0.2, 0) is 0 Å². The number of rotatable bonds is 1. The number of H-pyrrole nitrogens is 1. The van der Waals surface area contributed by atoms with Gasteiger partial charge in [0.15, 0.2) is 5.65 Å². The van der Waals surface area contributed by atoms with Crippen LogP contribution >= 0.6 is 0 Å². The number of hydrogen-bond donors (Lipinski definition) is 1. The third-order valence-electron chi connectivity index (χ3n) is 2.10. The molecule has 1 aromatic carbocycles. The minimum absolute atomic E-state index is 0.844. The van der Waals surface area contributed by atoms with Crippen molar-refractivity contribution in [3.05, 3.63) is 42.9 Å². The minimum atomic E-state index is 0.844. The van der Waals surface area contributed by atoms with Crippen molar-refractivity contribution in [1.29, 1.82) is 0 Å². The fraction of sp³-hybridized carbons (Fsp3) is 0. The highest BCUT2D eigenvalue weighted by Gasteiger charge is 2.05. The number of fused-ring (bicyclic) bond motifs is 1. The summed E-state index contributed by atoms with van der Waals surface area (Å²) >= 11 is 0. The Labute approximate surface area is 80.2 Å². The summed E-state index contributed by atoms with van der Waals surface area (Å²) in [5, 5.41) is 4.23. The number of aromatic nitrogens is 4. The van der Waals surface area contributed by atoms with E-state index in [1.165, 1.54) is 0 Å². The predicted octanol–water partition coefficient (Wildman–Crippen LogP) is 1.55. The highest BCUT2D eigenvalue weighted by Crippen LogP contribution is 2.13. The molecule has 0 aliphatic rings. The molecular formula is C10H7N4. The van der Waals surface area contributed by atoms with Crippen molar-refractivity contribution in [2.75, 3.05) is 0 Å². The highest BCUT2D eigenvalue weighted by molar-refractivity contribution is 5.71. The van der Waals surface area contributed by atoms with Crippen LogP contribution in [0.3, 0.4) is 0 Å². The molecule has 3 rings (SSSR count). The van der Waals surface area contributed by atoms with Crippen LogP contribution < -0.4 is 0 Å². The van der Waals surface area contributed by atoms with Crippen molar-refractivity contribution in [2.45, 2.75) is 0 Å². The molecule has 2 heterocycles. The molecule has 14 heavy (non-hydrogen) atoms. The van der Waals surface area contributed by atoms with Crippen LogP contribution in [0, 0.1) is 6.07 Å². The normalized spacial score (nSPS) is 10.9. The smallest absolute Gasteiger partial charge is 0.180 e. The maximum absolute atomic E-state index is 4.23. The van der Waals surface area contributed by atoms with E-state index in [4.69, 9.17) is 0 Å². The first-order valence-corrected chi connectivity index (χ1v) is 4.29. The summed E-state index contributed by atoms with van der Waals surface area (Å²) < 4.78 is 1.79. The first-order chi connectivity index (χ1) is 6.95. The lowest BCUT2D eigenvalue weighted by atomic mass is 10.3. The molecule has 0 aliphatic carbocycles. The van der Waals surface area contributed by atoms with Gasteiger partial charge in [-0.25, -0.2) is 9.67 Å². The summed E-state index contributed by atoms with van der Waals surface area (Å²) in [5.74, 6) is 0. The molecule has 0 aliphatic heterocycles. The fourth-order valence-corrected chi connectivity index (χ4v) is 1.44. The molecule has 3 aromatic rings. The van der Waals surface area contributed by atoms with Crippen LogP contribution in [0.5, 0.6) is 0 Å². The van der Waals surface area contributed by atoms with Gasteiger partial charge < -0.3 is 4.98 Å². The summed E-state index contributed by atoms with van der Waals surface area (Å²) in [6, 6.07) is 10.6. The lowest BCUT2D eigenvalue weighted by Gasteiger charge is -1.98. The monoisotopic (exact) mass is 183 g/mol. The molecule has 0 atom stereocenters. The minimum Gasteiger partial charge on any atom is -0.342 e. The van der Waals surface area contributed by atoms with Crippen molar-refractivity contribution in [3.8, 4) is 5.69 Å². The van der Waals surface area contributed by atoms with Gasteiger partial charge in [-0.05, 0) is 18.2 Å². The zero-order valence-electron chi connectivity index (χ0n) is 7.31. The fourth-order valence-electron chi connectivity index (χ4n) is 1.44. The summed E-state index contributed by atoms with van der Waals surface area (Å²) in [4.78, 5) is 7.20. The van der Waals surface area contributed by atoms with E-state index in [9.17, 15) is 0 Å². The van der Waals surface area contributed by atoms with Gasteiger partial charge in [-0.1, -0.05) is 12.1 Å².